The summed E-state index contributed by atoms with van der Waals surface area (Å²) in [6.45, 7) is 0. The van der Waals surface area contributed by atoms with E-state index >= 15 is 0 Å². The number of carboxylic acid groups (broad SMARTS) is 1. The third-order valence-electron chi connectivity index (χ3n) is 1.54. The first kappa shape index (κ1) is 8.74. The monoisotopic (exact) mass is 165 g/mol. The largest absolute Gasteiger partial charge is 0.550 e. The zero-order valence-electron chi connectivity index (χ0n) is 6.43. The molecule has 0 fully saturated rings. The molecule has 64 valence electrons. The molecular weight excluding hydrogens is 156 g/mol. The molecule has 0 unspecified atom stereocenters. The Morgan fingerprint density at radius 3 is 2.50 bits per heavy atom. The molecule has 3 nitrogen and oxygen atoms in total. The van der Waals surface area contributed by atoms with E-state index in [1.54, 1.807) is 30.3 Å². The minimum atomic E-state index is -1.24. The Bertz CT molecular complexity index is 256. The van der Waals surface area contributed by atoms with Gasteiger partial charge in [-0.1, -0.05) is 30.3 Å². The van der Waals surface area contributed by atoms with Crippen molar-refractivity contribution in [2.45, 2.75) is 12.5 Å². The molecule has 0 saturated heterocycles. The highest BCUT2D eigenvalue weighted by molar-refractivity contribution is 5.65. The van der Waals surface area contributed by atoms with E-state index < -0.39 is 12.1 Å². The van der Waals surface area contributed by atoms with Crippen LogP contribution in [0.1, 0.15) is 18.1 Å². The molecule has 1 N–H and O–H groups in total. The Labute approximate surface area is 70.3 Å². The fraction of sp³-hybridized carbons (Fsp3) is 0.222. The molecule has 12 heavy (non-hydrogen) atoms. The summed E-state index contributed by atoms with van der Waals surface area (Å²) in [5.41, 5.74) is 0.599. The van der Waals surface area contributed by atoms with Gasteiger partial charge in [0.1, 0.15) is 0 Å². The van der Waals surface area contributed by atoms with Crippen molar-refractivity contribution in [2.24, 2.45) is 0 Å². The molecular formula is C9H9O3-. The molecule has 0 aliphatic rings. The summed E-state index contributed by atoms with van der Waals surface area (Å²) in [6, 6.07) is 8.64. The van der Waals surface area contributed by atoms with E-state index in [0.29, 0.717) is 5.56 Å². The first-order valence-corrected chi connectivity index (χ1v) is 3.63. The van der Waals surface area contributed by atoms with E-state index in [-0.39, 0.29) is 6.42 Å². The maximum atomic E-state index is 10.1. The lowest BCUT2D eigenvalue weighted by molar-refractivity contribution is -0.307. The first-order valence-electron chi connectivity index (χ1n) is 3.63. The smallest absolute Gasteiger partial charge is 0.0842 e. The van der Waals surface area contributed by atoms with Gasteiger partial charge in [-0.15, -0.1) is 0 Å². The van der Waals surface area contributed by atoms with Crippen LogP contribution in [0.2, 0.25) is 0 Å². The van der Waals surface area contributed by atoms with Crippen molar-refractivity contribution >= 4 is 5.97 Å². The number of carbonyl (C=O) groups is 1. The number of aliphatic carboxylic acids is 1. The average molecular weight is 165 g/mol. The molecule has 1 aromatic rings. The summed E-state index contributed by atoms with van der Waals surface area (Å²) < 4.78 is 0. The zero-order valence-corrected chi connectivity index (χ0v) is 6.43. The van der Waals surface area contributed by atoms with Crippen LogP contribution >= 0.6 is 0 Å². The van der Waals surface area contributed by atoms with Gasteiger partial charge in [0.2, 0.25) is 0 Å². The second-order valence-corrected chi connectivity index (χ2v) is 2.50. The van der Waals surface area contributed by atoms with Gasteiger partial charge in [-0.3, -0.25) is 0 Å². The molecule has 0 spiro atoms. The normalized spacial score (nSPS) is 12.4. The average Bonchev–Trinajstić information content (AvgIpc) is 2.05. The minimum Gasteiger partial charge on any atom is -0.550 e. The van der Waals surface area contributed by atoms with Crippen LogP contribution in [0.4, 0.5) is 0 Å². The van der Waals surface area contributed by atoms with Crippen molar-refractivity contribution in [3.8, 4) is 0 Å². The summed E-state index contributed by atoms with van der Waals surface area (Å²) in [7, 11) is 0. The Hall–Kier alpha value is -1.35. The second-order valence-electron chi connectivity index (χ2n) is 2.50. The molecule has 0 heterocycles. The Balaban J connectivity index is 2.65. The van der Waals surface area contributed by atoms with Gasteiger partial charge in [-0.05, 0) is 5.56 Å². The molecule has 1 atom stereocenters. The molecule has 0 bridgehead atoms. The lowest BCUT2D eigenvalue weighted by Gasteiger charge is -2.10. The summed E-state index contributed by atoms with van der Waals surface area (Å²) >= 11 is 0. The molecule has 0 aliphatic carbocycles. The highest BCUT2D eigenvalue weighted by Crippen LogP contribution is 2.14. The standard InChI is InChI=1S/C9H10O3/c10-8(6-9(11)12)7-4-2-1-3-5-7/h1-5,8,10H,6H2,(H,11,12)/p-1/t8-/m1/s1. The molecule has 1 aromatic carbocycles. The number of aliphatic hydroxyl groups excluding tert-OH is 1. The van der Waals surface area contributed by atoms with Crippen LogP contribution in [0.5, 0.6) is 0 Å². The quantitative estimate of drug-likeness (QED) is 0.678. The van der Waals surface area contributed by atoms with E-state index in [1.807, 2.05) is 0 Å². The Kier molecular flexibility index (Phi) is 2.82. The van der Waals surface area contributed by atoms with Gasteiger partial charge >= 0.3 is 0 Å². The lowest BCUT2D eigenvalue weighted by Crippen LogP contribution is -2.24. The Morgan fingerprint density at radius 2 is 2.00 bits per heavy atom. The predicted molar refractivity (Wildman–Crippen MR) is 41.0 cm³/mol. The molecule has 0 saturated carbocycles. The fourth-order valence-corrected chi connectivity index (χ4v) is 0.951. The summed E-state index contributed by atoms with van der Waals surface area (Å²) in [5, 5.41) is 19.4. The van der Waals surface area contributed by atoms with Crippen LogP contribution < -0.4 is 5.11 Å². The van der Waals surface area contributed by atoms with Crippen molar-refractivity contribution in [1.82, 2.24) is 0 Å². The highest BCUT2D eigenvalue weighted by atomic mass is 16.4. The summed E-state index contributed by atoms with van der Waals surface area (Å²) in [4.78, 5) is 10.1. The van der Waals surface area contributed by atoms with Gasteiger partial charge < -0.3 is 15.0 Å². The van der Waals surface area contributed by atoms with Crippen molar-refractivity contribution < 1.29 is 15.0 Å². The molecule has 0 amide bonds. The summed E-state index contributed by atoms with van der Waals surface area (Å²) in [6.07, 6.45) is -1.32. The zero-order chi connectivity index (χ0) is 8.97. The van der Waals surface area contributed by atoms with E-state index in [1.165, 1.54) is 0 Å². The third kappa shape index (κ3) is 2.36. The lowest BCUT2D eigenvalue weighted by atomic mass is 10.1. The number of benzene rings is 1. The van der Waals surface area contributed by atoms with Gasteiger partial charge in [-0.2, -0.15) is 0 Å². The van der Waals surface area contributed by atoms with Crippen molar-refractivity contribution in [3.63, 3.8) is 0 Å². The van der Waals surface area contributed by atoms with Gasteiger partial charge in [0, 0.05) is 12.4 Å². The van der Waals surface area contributed by atoms with E-state index in [4.69, 9.17) is 0 Å². The third-order valence-corrected chi connectivity index (χ3v) is 1.54. The van der Waals surface area contributed by atoms with Crippen LogP contribution in [0, 0.1) is 0 Å². The first-order chi connectivity index (χ1) is 5.70. The maximum absolute atomic E-state index is 10.1. The molecule has 1 rings (SSSR count). The number of carbonyl (C=O) groups excluding carboxylic acids is 1. The number of aliphatic hydroxyl groups is 1. The molecule has 0 radical (unpaired) electrons. The van der Waals surface area contributed by atoms with Crippen LogP contribution in [0.3, 0.4) is 0 Å². The van der Waals surface area contributed by atoms with Crippen molar-refractivity contribution in [2.75, 3.05) is 0 Å². The van der Waals surface area contributed by atoms with Crippen LogP contribution in [0.15, 0.2) is 30.3 Å². The van der Waals surface area contributed by atoms with E-state index in [2.05, 4.69) is 0 Å². The van der Waals surface area contributed by atoms with Gasteiger partial charge in [0.25, 0.3) is 0 Å². The molecule has 3 heteroatoms. The van der Waals surface area contributed by atoms with Crippen LogP contribution in [0.25, 0.3) is 0 Å². The topological polar surface area (TPSA) is 60.4 Å². The van der Waals surface area contributed by atoms with Crippen molar-refractivity contribution in [3.05, 3.63) is 35.9 Å². The number of carboxylic acids is 1. The number of hydrogen-bond donors (Lipinski definition) is 1. The van der Waals surface area contributed by atoms with Crippen molar-refractivity contribution in [1.29, 1.82) is 0 Å². The predicted octanol–water partition coefficient (Wildman–Crippen LogP) is -0.140. The van der Waals surface area contributed by atoms with E-state index in [9.17, 15) is 15.0 Å². The van der Waals surface area contributed by atoms with Gasteiger partial charge in [-0.25, -0.2) is 0 Å². The minimum absolute atomic E-state index is 0.357. The maximum Gasteiger partial charge on any atom is 0.0842 e. The van der Waals surface area contributed by atoms with Crippen LogP contribution in [-0.4, -0.2) is 11.1 Å². The highest BCUT2D eigenvalue weighted by Gasteiger charge is 2.05. The molecule has 0 aromatic heterocycles. The second kappa shape index (κ2) is 3.88. The SMILES string of the molecule is O=C([O-])C[C@@H](O)c1ccccc1. The summed E-state index contributed by atoms with van der Waals surface area (Å²) in [5.74, 6) is -1.24. The Morgan fingerprint density at radius 1 is 1.42 bits per heavy atom. The number of rotatable bonds is 3. The van der Waals surface area contributed by atoms with Crippen LogP contribution in [-0.2, 0) is 4.79 Å². The molecule has 0 aliphatic heterocycles. The van der Waals surface area contributed by atoms with Gasteiger partial charge in [0.05, 0.1) is 6.10 Å². The van der Waals surface area contributed by atoms with E-state index in [0.717, 1.165) is 0 Å². The van der Waals surface area contributed by atoms with Gasteiger partial charge in [0.15, 0.2) is 0 Å². The number of hydrogen-bond acceptors (Lipinski definition) is 3. The fourth-order valence-electron chi connectivity index (χ4n) is 0.951.